The zero-order chi connectivity index (χ0) is 18.0. The molecule has 0 aliphatic heterocycles. The molecule has 0 unspecified atom stereocenters. The number of nitro groups is 1. The maximum atomic E-state index is 11.3. The van der Waals surface area contributed by atoms with Crippen LogP contribution in [0.15, 0.2) is 46.5 Å². The maximum Gasteiger partial charge on any atom is 0.284 e. The van der Waals surface area contributed by atoms with Crippen molar-refractivity contribution in [2.45, 2.75) is 23.9 Å². The highest BCUT2D eigenvalue weighted by molar-refractivity contribution is 7.99. The van der Waals surface area contributed by atoms with Gasteiger partial charge in [-0.15, -0.1) is 5.10 Å². The highest BCUT2D eigenvalue weighted by Gasteiger charge is 2.20. The van der Waals surface area contributed by atoms with Crippen molar-refractivity contribution in [3.05, 3.63) is 63.2 Å². The first-order valence-electron chi connectivity index (χ1n) is 7.22. The van der Waals surface area contributed by atoms with Crippen molar-refractivity contribution >= 4 is 17.4 Å². The molecule has 9 heteroatoms. The Bertz CT molecular complexity index is 1010. The third kappa shape index (κ3) is 3.34. The Labute approximate surface area is 147 Å². The Balaban J connectivity index is 2.03. The van der Waals surface area contributed by atoms with Crippen LogP contribution in [-0.4, -0.2) is 25.1 Å². The van der Waals surface area contributed by atoms with Crippen LogP contribution >= 0.6 is 11.8 Å². The predicted octanol–water partition coefficient (Wildman–Crippen LogP) is 3.21. The highest BCUT2D eigenvalue weighted by atomic mass is 32.2. The molecule has 0 aliphatic carbocycles. The van der Waals surface area contributed by atoms with E-state index in [0.717, 1.165) is 28.6 Å². The molecule has 124 valence electrons. The number of hydrogen-bond donors (Lipinski definition) is 0. The first-order valence-corrected chi connectivity index (χ1v) is 8.03. The van der Waals surface area contributed by atoms with Crippen LogP contribution in [-0.2, 0) is 0 Å². The van der Waals surface area contributed by atoms with Gasteiger partial charge in [0.2, 0.25) is 5.16 Å². The number of aryl methyl sites for hydroxylation is 2. The minimum absolute atomic E-state index is 0.153. The fraction of sp³-hybridized carbons (Fsp3) is 0.125. The first kappa shape index (κ1) is 16.6. The van der Waals surface area contributed by atoms with E-state index >= 15 is 0 Å². The van der Waals surface area contributed by atoms with Crippen molar-refractivity contribution < 1.29 is 4.92 Å². The maximum absolute atomic E-state index is 11.3. The van der Waals surface area contributed by atoms with Gasteiger partial charge < -0.3 is 0 Å². The standard InChI is InChI=1S/C16H12N6O2S/c1-10-3-5-13(11(2)7-10)21-16(18-19-20-21)25-15-6-4-12(9-17)8-14(15)22(23)24/h3-8H,1-2H3. The number of nitrogens with zero attached hydrogens (tertiary/aromatic N) is 6. The van der Waals surface area contributed by atoms with Gasteiger partial charge in [0.05, 0.1) is 27.1 Å². The van der Waals surface area contributed by atoms with Gasteiger partial charge in [-0.2, -0.15) is 9.94 Å². The number of nitro benzene ring substituents is 1. The van der Waals surface area contributed by atoms with Gasteiger partial charge in [0.25, 0.3) is 5.69 Å². The van der Waals surface area contributed by atoms with Crippen molar-refractivity contribution in [2.24, 2.45) is 0 Å². The third-order valence-electron chi connectivity index (χ3n) is 3.51. The van der Waals surface area contributed by atoms with E-state index < -0.39 is 4.92 Å². The molecule has 0 bridgehead atoms. The normalized spacial score (nSPS) is 10.4. The van der Waals surface area contributed by atoms with Crippen molar-refractivity contribution in [1.82, 2.24) is 20.2 Å². The van der Waals surface area contributed by atoms with Crippen molar-refractivity contribution in [3.8, 4) is 11.8 Å². The van der Waals surface area contributed by atoms with Crippen molar-refractivity contribution in [1.29, 1.82) is 5.26 Å². The molecule has 0 atom stereocenters. The number of aromatic nitrogens is 4. The lowest BCUT2D eigenvalue weighted by Crippen LogP contribution is -2.02. The predicted molar refractivity (Wildman–Crippen MR) is 90.6 cm³/mol. The average molecular weight is 352 g/mol. The summed E-state index contributed by atoms with van der Waals surface area (Å²) in [5.74, 6) is 0. The van der Waals surface area contributed by atoms with Gasteiger partial charge in [-0.3, -0.25) is 10.1 Å². The summed E-state index contributed by atoms with van der Waals surface area (Å²) < 4.78 is 1.54. The number of hydrogen-bond acceptors (Lipinski definition) is 7. The molecule has 0 fully saturated rings. The average Bonchev–Trinajstić information content (AvgIpc) is 3.03. The summed E-state index contributed by atoms with van der Waals surface area (Å²) in [6.07, 6.45) is 0. The largest absolute Gasteiger partial charge is 0.284 e. The van der Waals surface area contributed by atoms with Gasteiger partial charge in [0.15, 0.2) is 0 Å². The van der Waals surface area contributed by atoms with E-state index in [-0.39, 0.29) is 11.3 Å². The summed E-state index contributed by atoms with van der Waals surface area (Å²) in [4.78, 5) is 11.1. The Morgan fingerprint density at radius 2 is 2.04 bits per heavy atom. The summed E-state index contributed by atoms with van der Waals surface area (Å²) >= 11 is 1.08. The quantitative estimate of drug-likeness (QED) is 0.523. The fourth-order valence-corrected chi connectivity index (χ4v) is 3.22. The summed E-state index contributed by atoms with van der Waals surface area (Å²) in [6.45, 7) is 3.94. The number of tetrazole rings is 1. The van der Waals surface area contributed by atoms with Crippen LogP contribution in [0.1, 0.15) is 16.7 Å². The topological polar surface area (TPSA) is 111 Å². The third-order valence-corrected chi connectivity index (χ3v) is 4.51. The summed E-state index contributed by atoms with van der Waals surface area (Å²) in [6, 6.07) is 12.1. The van der Waals surface area contributed by atoms with E-state index in [0.29, 0.717) is 10.1 Å². The molecule has 0 N–H and O–H groups in total. The van der Waals surface area contributed by atoms with Gasteiger partial charge in [0.1, 0.15) is 0 Å². The summed E-state index contributed by atoms with van der Waals surface area (Å²) in [5.41, 5.74) is 2.98. The zero-order valence-corrected chi connectivity index (χ0v) is 14.2. The molecule has 0 saturated carbocycles. The summed E-state index contributed by atoms with van der Waals surface area (Å²) in [7, 11) is 0. The van der Waals surface area contributed by atoms with Crippen molar-refractivity contribution in [3.63, 3.8) is 0 Å². The van der Waals surface area contributed by atoms with Gasteiger partial charge in [-0.05, 0) is 59.8 Å². The highest BCUT2D eigenvalue weighted by Crippen LogP contribution is 2.35. The second-order valence-electron chi connectivity index (χ2n) is 5.32. The molecular formula is C16H12N6O2S. The number of nitriles is 1. The van der Waals surface area contributed by atoms with Gasteiger partial charge >= 0.3 is 0 Å². The van der Waals surface area contributed by atoms with Gasteiger partial charge in [-0.1, -0.05) is 17.7 Å². The minimum atomic E-state index is -0.519. The van der Waals surface area contributed by atoms with E-state index in [1.807, 2.05) is 38.1 Å². The molecule has 0 aliphatic rings. The van der Waals surface area contributed by atoms with Crippen LogP contribution in [0.4, 0.5) is 5.69 Å². The number of benzene rings is 2. The van der Waals surface area contributed by atoms with Crippen LogP contribution in [0.5, 0.6) is 0 Å². The van der Waals surface area contributed by atoms with E-state index in [2.05, 4.69) is 15.5 Å². The monoisotopic (exact) mass is 352 g/mol. The van der Waals surface area contributed by atoms with E-state index in [9.17, 15) is 10.1 Å². The van der Waals surface area contributed by atoms with Crippen LogP contribution in [0.2, 0.25) is 0 Å². The molecule has 0 spiro atoms. The van der Waals surface area contributed by atoms with Crippen LogP contribution in [0.25, 0.3) is 5.69 Å². The molecule has 1 aromatic heterocycles. The zero-order valence-electron chi connectivity index (χ0n) is 13.4. The molecule has 2 aromatic carbocycles. The second kappa shape index (κ2) is 6.70. The Morgan fingerprint density at radius 1 is 1.24 bits per heavy atom. The lowest BCUT2D eigenvalue weighted by Gasteiger charge is -2.08. The molecule has 8 nitrogen and oxygen atoms in total. The SMILES string of the molecule is Cc1ccc(-n2nnnc2Sc2ccc(C#N)cc2[N+](=O)[O-])c(C)c1. The molecular weight excluding hydrogens is 340 g/mol. The Morgan fingerprint density at radius 3 is 2.72 bits per heavy atom. The molecule has 1 heterocycles. The molecule has 0 amide bonds. The second-order valence-corrected chi connectivity index (χ2v) is 6.33. The minimum Gasteiger partial charge on any atom is -0.258 e. The first-order chi connectivity index (χ1) is 12.0. The Kier molecular flexibility index (Phi) is 4.45. The molecule has 3 rings (SSSR count). The van der Waals surface area contributed by atoms with Crippen LogP contribution in [0.3, 0.4) is 0 Å². The molecule has 25 heavy (non-hydrogen) atoms. The van der Waals surface area contributed by atoms with Gasteiger partial charge in [0, 0.05) is 6.07 Å². The van der Waals surface area contributed by atoms with E-state index in [1.165, 1.54) is 18.2 Å². The molecule has 0 saturated heterocycles. The van der Waals surface area contributed by atoms with Gasteiger partial charge in [-0.25, -0.2) is 0 Å². The lowest BCUT2D eigenvalue weighted by atomic mass is 10.1. The Hall–Kier alpha value is -3.25. The fourth-order valence-electron chi connectivity index (χ4n) is 2.35. The van der Waals surface area contributed by atoms with E-state index in [4.69, 9.17) is 5.26 Å². The smallest absolute Gasteiger partial charge is 0.258 e. The summed E-state index contributed by atoms with van der Waals surface area (Å²) in [5, 5.41) is 32.3. The molecule has 3 aromatic rings. The molecule has 0 radical (unpaired) electrons. The van der Waals surface area contributed by atoms with E-state index in [1.54, 1.807) is 4.68 Å². The van der Waals surface area contributed by atoms with Crippen LogP contribution < -0.4 is 0 Å². The number of rotatable bonds is 4. The lowest BCUT2D eigenvalue weighted by molar-refractivity contribution is -0.387. The van der Waals surface area contributed by atoms with Crippen LogP contribution in [0, 0.1) is 35.3 Å². The van der Waals surface area contributed by atoms with Crippen molar-refractivity contribution in [2.75, 3.05) is 0 Å².